The lowest BCUT2D eigenvalue weighted by Gasteiger charge is -2.18. The quantitative estimate of drug-likeness (QED) is 0.328. The van der Waals surface area contributed by atoms with Crippen LogP contribution in [0.25, 0.3) is 11.0 Å². The van der Waals surface area contributed by atoms with E-state index in [1.165, 1.54) is 12.1 Å². The minimum absolute atomic E-state index is 0.0880. The molecule has 1 amide bonds. The second kappa shape index (κ2) is 10.3. The van der Waals surface area contributed by atoms with Crippen LogP contribution in [0.2, 0.25) is 0 Å². The first-order valence-electron chi connectivity index (χ1n) is 12.3. The Labute approximate surface area is 214 Å². The molecule has 37 heavy (non-hydrogen) atoms. The summed E-state index contributed by atoms with van der Waals surface area (Å²) in [4.78, 5) is 36.5. The Balaban J connectivity index is 1.40. The molecular weight excluding hydrogens is 468 g/mol. The summed E-state index contributed by atoms with van der Waals surface area (Å²) in [5.74, 6) is -0.133. The van der Waals surface area contributed by atoms with E-state index in [1.54, 1.807) is 17.0 Å². The second-order valence-corrected chi connectivity index (χ2v) is 9.46. The number of rotatable bonds is 9. The van der Waals surface area contributed by atoms with Crippen molar-refractivity contribution in [2.24, 2.45) is 11.1 Å². The fourth-order valence-electron chi connectivity index (χ4n) is 4.44. The summed E-state index contributed by atoms with van der Waals surface area (Å²) >= 11 is 0. The van der Waals surface area contributed by atoms with Gasteiger partial charge in [-0.3, -0.25) is 9.69 Å². The zero-order valence-corrected chi connectivity index (χ0v) is 20.8. The van der Waals surface area contributed by atoms with Gasteiger partial charge in [-0.25, -0.2) is 4.98 Å². The Kier molecular flexibility index (Phi) is 6.72. The summed E-state index contributed by atoms with van der Waals surface area (Å²) in [6, 6.07) is 21.7. The third-order valence-corrected chi connectivity index (χ3v) is 6.44. The summed E-state index contributed by atoms with van der Waals surface area (Å²) in [5, 5.41) is 15.1. The lowest BCUT2D eigenvalue weighted by molar-refractivity contribution is -0.255. The molecule has 8 nitrogen and oxygen atoms in total. The van der Waals surface area contributed by atoms with Crippen LogP contribution in [-0.2, 0) is 29.3 Å². The standard InChI is InChI=1S/C29H28N4O4/c1-19(2)15-16-32-25-10-6-4-8-23(25)30-26(32)17-33-24-9-5-3-7-22(24)27(28(33)34)31-37-18-20-11-13-21(14-12-20)29(35)36/h3-14,19H,15-18H2,1-2H3,(H,35,36)/p-1. The van der Waals surface area contributed by atoms with Crippen molar-refractivity contribution in [3.05, 3.63) is 95.3 Å². The van der Waals surface area contributed by atoms with Gasteiger partial charge < -0.3 is 19.3 Å². The number of benzene rings is 3. The Hall–Kier alpha value is -4.46. The van der Waals surface area contributed by atoms with Crippen LogP contribution in [0, 0.1) is 5.92 Å². The van der Waals surface area contributed by atoms with Gasteiger partial charge in [0.05, 0.1) is 29.2 Å². The number of carbonyl (C=O) groups excluding carboxylic acids is 2. The molecule has 0 radical (unpaired) electrons. The van der Waals surface area contributed by atoms with Crippen LogP contribution in [0.1, 0.15) is 47.6 Å². The number of carbonyl (C=O) groups is 2. The second-order valence-electron chi connectivity index (χ2n) is 9.46. The molecule has 0 fully saturated rings. The van der Waals surface area contributed by atoms with E-state index in [9.17, 15) is 14.7 Å². The topological polar surface area (TPSA) is 99.8 Å². The van der Waals surface area contributed by atoms with Gasteiger partial charge in [-0.1, -0.05) is 73.6 Å². The number of nitrogens with zero attached hydrogens (tertiary/aromatic N) is 4. The number of amides is 1. The molecule has 1 aliphatic heterocycles. The van der Waals surface area contributed by atoms with E-state index in [-0.39, 0.29) is 23.8 Å². The van der Waals surface area contributed by atoms with Gasteiger partial charge >= 0.3 is 0 Å². The van der Waals surface area contributed by atoms with Crippen LogP contribution >= 0.6 is 0 Å². The number of aromatic nitrogens is 2. The third kappa shape index (κ3) is 4.95. The molecule has 0 N–H and O–H groups in total. The fraction of sp³-hybridized carbons (Fsp3) is 0.241. The molecule has 0 spiro atoms. The number of carboxylic acids is 1. The molecule has 4 aromatic rings. The van der Waals surface area contributed by atoms with E-state index in [0.717, 1.165) is 41.1 Å². The molecule has 0 bridgehead atoms. The van der Waals surface area contributed by atoms with Crippen LogP contribution in [0.4, 0.5) is 5.69 Å². The maximum Gasteiger partial charge on any atom is 0.281 e. The summed E-state index contributed by atoms with van der Waals surface area (Å²) < 4.78 is 2.20. The van der Waals surface area contributed by atoms with Crippen LogP contribution in [0.5, 0.6) is 0 Å². The Morgan fingerprint density at radius 1 is 1.03 bits per heavy atom. The molecule has 2 heterocycles. The molecule has 0 aliphatic carbocycles. The Morgan fingerprint density at radius 3 is 2.51 bits per heavy atom. The van der Waals surface area contributed by atoms with E-state index in [4.69, 9.17) is 9.82 Å². The van der Waals surface area contributed by atoms with Gasteiger partial charge in [0.2, 0.25) is 0 Å². The Morgan fingerprint density at radius 2 is 1.76 bits per heavy atom. The van der Waals surface area contributed by atoms with Crippen molar-refractivity contribution >= 4 is 34.3 Å². The van der Waals surface area contributed by atoms with Gasteiger partial charge in [-0.05, 0) is 41.7 Å². The predicted octanol–water partition coefficient (Wildman–Crippen LogP) is 3.91. The van der Waals surface area contributed by atoms with Crippen molar-refractivity contribution in [2.75, 3.05) is 4.90 Å². The molecule has 1 aromatic heterocycles. The normalized spacial score (nSPS) is 14.1. The first-order chi connectivity index (χ1) is 17.9. The highest BCUT2D eigenvalue weighted by Crippen LogP contribution is 2.31. The number of hydrogen-bond donors (Lipinski definition) is 0. The summed E-state index contributed by atoms with van der Waals surface area (Å²) in [6.07, 6.45) is 1.00. The first-order valence-corrected chi connectivity index (χ1v) is 12.3. The SMILES string of the molecule is CC(C)CCn1c(CN2C(=O)C(=NOCc3ccc(C(=O)[O-])cc3)c3ccccc32)nc2ccccc21. The molecule has 1 aliphatic rings. The van der Waals surface area contributed by atoms with E-state index in [2.05, 4.69) is 29.6 Å². The molecule has 5 rings (SSSR count). The lowest BCUT2D eigenvalue weighted by atomic mass is 10.1. The van der Waals surface area contributed by atoms with Gasteiger partial charge in [0.1, 0.15) is 12.4 Å². The average Bonchev–Trinajstić information content (AvgIpc) is 3.38. The fourth-order valence-corrected chi connectivity index (χ4v) is 4.44. The zero-order valence-electron chi connectivity index (χ0n) is 20.8. The van der Waals surface area contributed by atoms with Gasteiger partial charge in [0.15, 0.2) is 5.71 Å². The number of aromatic carboxylic acids is 1. The highest BCUT2D eigenvalue weighted by Gasteiger charge is 2.35. The molecule has 0 atom stereocenters. The van der Waals surface area contributed by atoms with Crippen molar-refractivity contribution in [3.8, 4) is 0 Å². The zero-order chi connectivity index (χ0) is 25.9. The van der Waals surface area contributed by atoms with Gasteiger partial charge in [0.25, 0.3) is 5.91 Å². The van der Waals surface area contributed by atoms with E-state index in [0.29, 0.717) is 18.0 Å². The smallest absolute Gasteiger partial charge is 0.281 e. The monoisotopic (exact) mass is 495 g/mol. The van der Waals surface area contributed by atoms with Crippen LogP contribution in [0.15, 0.2) is 78.0 Å². The summed E-state index contributed by atoms with van der Waals surface area (Å²) in [7, 11) is 0. The minimum Gasteiger partial charge on any atom is -0.545 e. The molecule has 8 heteroatoms. The maximum absolute atomic E-state index is 13.5. The number of imidazole rings is 1. The molecule has 3 aromatic carbocycles. The number of oxime groups is 1. The predicted molar refractivity (Wildman–Crippen MR) is 139 cm³/mol. The van der Waals surface area contributed by atoms with Gasteiger partial charge in [-0.15, -0.1) is 0 Å². The summed E-state index contributed by atoms with van der Waals surface area (Å²) in [6.45, 7) is 5.61. The molecule has 188 valence electrons. The van der Waals surface area contributed by atoms with Crippen LogP contribution < -0.4 is 10.0 Å². The Bertz CT molecular complexity index is 1490. The average molecular weight is 496 g/mol. The van der Waals surface area contributed by atoms with E-state index < -0.39 is 5.97 Å². The minimum atomic E-state index is -1.24. The third-order valence-electron chi connectivity index (χ3n) is 6.44. The highest BCUT2D eigenvalue weighted by atomic mass is 16.6. The molecule has 0 saturated carbocycles. The van der Waals surface area contributed by atoms with Gasteiger partial charge in [-0.2, -0.15) is 0 Å². The van der Waals surface area contributed by atoms with Crippen LogP contribution in [0.3, 0.4) is 0 Å². The number of carboxylic acid groups (broad SMARTS) is 1. The van der Waals surface area contributed by atoms with E-state index in [1.807, 2.05) is 42.5 Å². The van der Waals surface area contributed by atoms with Crippen molar-refractivity contribution in [1.29, 1.82) is 0 Å². The largest absolute Gasteiger partial charge is 0.545 e. The lowest BCUT2D eigenvalue weighted by Crippen LogP contribution is -2.31. The van der Waals surface area contributed by atoms with Crippen molar-refractivity contribution in [2.45, 2.75) is 40.0 Å². The van der Waals surface area contributed by atoms with Crippen molar-refractivity contribution < 1.29 is 19.5 Å². The van der Waals surface area contributed by atoms with E-state index >= 15 is 0 Å². The first kappa shape index (κ1) is 24.2. The van der Waals surface area contributed by atoms with Crippen molar-refractivity contribution in [3.63, 3.8) is 0 Å². The van der Waals surface area contributed by atoms with Crippen molar-refractivity contribution in [1.82, 2.24) is 9.55 Å². The van der Waals surface area contributed by atoms with Crippen LogP contribution in [-0.4, -0.2) is 27.1 Å². The highest BCUT2D eigenvalue weighted by molar-refractivity contribution is 6.54. The molecule has 0 unspecified atom stereocenters. The number of para-hydroxylation sites is 3. The maximum atomic E-state index is 13.5. The number of fused-ring (bicyclic) bond motifs is 2. The molecular formula is C29H27N4O4-. The number of anilines is 1. The van der Waals surface area contributed by atoms with Gasteiger partial charge in [0, 0.05) is 12.1 Å². The molecule has 0 saturated heterocycles. The number of aryl methyl sites for hydroxylation is 1. The number of hydrogen-bond acceptors (Lipinski definition) is 6. The summed E-state index contributed by atoms with van der Waals surface area (Å²) in [5.41, 5.74) is 4.46.